The van der Waals surface area contributed by atoms with E-state index in [0.29, 0.717) is 11.6 Å². The van der Waals surface area contributed by atoms with Crippen molar-refractivity contribution in [2.45, 2.75) is 44.8 Å². The molecular weight excluding hydrogens is 250 g/mol. The van der Waals surface area contributed by atoms with Crippen molar-refractivity contribution in [1.29, 1.82) is 0 Å². The van der Waals surface area contributed by atoms with E-state index < -0.39 is 17.7 Å². The minimum atomic E-state index is -0.604. The lowest BCUT2D eigenvalue weighted by molar-refractivity contribution is -0.123. The van der Waals surface area contributed by atoms with Crippen LogP contribution < -0.4 is 10.6 Å². The number of nitrogens with one attached hydrogen (secondary N) is 2. The maximum atomic E-state index is 13.6. The highest BCUT2D eigenvalue weighted by Gasteiger charge is 2.26. The summed E-state index contributed by atoms with van der Waals surface area (Å²) in [6.07, 6.45) is 2.06. The van der Waals surface area contributed by atoms with Crippen LogP contribution in [-0.2, 0) is 4.79 Å². The summed E-state index contributed by atoms with van der Waals surface area (Å²) in [6.45, 7) is 3.48. The number of benzene rings is 1. The average molecular weight is 268 g/mol. The van der Waals surface area contributed by atoms with E-state index in [2.05, 4.69) is 10.6 Å². The van der Waals surface area contributed by atoms with Gasteiger partial charge in [0.25, 0.3) is 0 Å². The van der Waals surface area contributed by atoms with Gasteiger partial charge in [0.05, 0.1) is 6.04 Å². The van der Waals surface area contributed by atoms with Crippen LogP contribution in [0.15, 0.2) is 18.2 Å². The van der Waals surface area contributed by atoms with E-state index >= 15 is 0 Å². The molecule has 2 rings (SSSR count). The van der Waals surface area contributed by atoms with Crippen LogP contribution in [0.25, 0.3) is 0 Å². The van der Waals surface area contributed by atoms with E-state index in [0.717, 1.165) is 18.9 Å². The summed E-state index contributed by atoms with van der Waals surface area (Å²) in [5.41, 5.74) is 0.354. The van der Waals surface area contributed by atoms with Crippen molar-refractivity contribution < 1.29 is 13.6 Å². The van der Waals surface area contributed by atoms with Crippen molar-refractivity contribution in [2.75, 3.05) is 0 Å². The molecule has 2 atom stereocenters. The SMILES string of the molecule is C[C@H](N[C@@H](C)c1ccc(F)cc1F)C(=O)NC1CC1. The van der Waals surface area contributed by atoms with Crippen molar-refractivity contribution in [3.05, 3.63) is 35.4 Å². The Morgan fingerprint density at radius 2 is 2.00 bits per heavy atom. The van der Waals surface area contributed by atoms with Gasteiger partial charge >= 0.3 is 0 Å². The summed E-state index contributed by atoms with van der Waals surface area (Å²) in [4.78, 5) is 11.8. The fraction of sp³-hybridized carbons (Fsp3) is 0.500. The molecule has 1 aromatic rings. The predicted octanol–water partition coefficient (Wildman–Crippen LogP) is 2.28. The van der Waals surface area contributed by atoms with Gasteiger partial charge in [0, 0.05) is 23.7 Å². The molecule has 5 heteroatoms. The molecule has 0 aliphatic heterocycles. The van der Waals surface area contributed by atoms with Gasteiger partial charge in [0.2, 0.25) is 5.91 Å². The summed E-state index contributed by atoms with van der Waals surface area (Å²) in [5.74, 6) is -1.29. The molecule has 1 fully saturated rings. The quantitative estimate of drug-likeness (QED) is 0.860. The molecule has 2 N–H and O–H groups in total. The van der Waals surface area contributed by atoms with Gasteiger partial charge in [-0.25, -0.2) is 8.78 Å². The fourth-order valence-corrected chi connectivity index (χ4v) is 1.95. The summed E-state index contributed by atoms with van der Waals surface area (Å²) < 4.78 is 26.4. The lowest BCUT2D eigenvalue weighted by Crippen LogP contribution is -2.44. The first-order valence-corrected chi connectivity index (χ1v) is 6.48. The standard InChI is InChI=1S/C14H18F2N2O/c1-8(12-6-3-10(15)7-13(12)16)17-9(2)14(19)18-11-4-5-11/h3,6-9,11,17H,4-5H2,1-2H3,(H,18,19)/t8-,9-/m0/s1. The Kier molecular flexibility index (Phi) is 4.14. The molecular formula is C14H18F2N2O. The van der Waals surface area contributed by atoms with Gasteiger partial charge in [-0.05, 0) is 32.8 Å². The summed E-state index contributed by atoms with van der Waals surface area (Å²) in [5, 5.41) is 5.89. The number of carbonyl (C=O) groups is 1. The largest absolute Gasteiger partial charge is 0.352 e. The van der Waals surface area contributed by atoms with Gasteiger partial charge < -0.3 is 5.32 Å². The second-order valence-corrected chi connectivity index (χ2v) is 5.06. The number of rotatable bonds is 5. The zero-order valence-electron chi connectivity index (χ0n) is 11.0. The van der Waals surface area contributed by atoms with Crippen LogP contribution >= 0.6 is 0 Å². The molecule has 1 aromatic carbocycles. The molecule has 0 heterocycles. The molecule has 0 unspecified atom stereocenters. The zero-order valence-corrected chi connectivity index (χ0v) is 11.0. The molecule has 0 spiro atoms. The highest BCUT2D eigenvalue weighted by molar-refractivity contribution is 5.81. The molecule has 1 saturated carbocycles. The van der Waals surface area contributed by atoms with Gasteiger partial charge in [0.15, 0.2) is 0 Å². The smallest absolute Gasteiger partial charge is 0.237 e. The Hall–Kier alpha value is -1.49. The van der Waals surface area contributed by atoms with Gasteiger partial charge in [-0.15, -0.1) is 0 Å². The summed E-state index contributed by atoms with van der Waals surface area (Å²) in [6, 6.07) is 2.98. The zero-order chi connectivity index (χ0) is 14.0. The maximum Gasteiger partial charge on any atom is 0.237 e. The van der Waals surface area contributed by atoms with Crippen LogP contribution in [0.5, 0.6) is 0 Å². The fourth-order valence-electron chi connectivity index (χ4n) is 1.95. The van der Waals surface area contributed by atoms with E-state index in [9.17, 15) is 13.6 Å². The Morgan fingerprint density at radius 3 is 2.58 bits per heavy atom. The monoisotopic (exact) mass is 268 g/mol. The third-order valence-corrected chi connectivity index (χ3v) is 3.25. The second-order valence-electron chi connectivity index (χ2n) is 5.06. The van der Waals surface area contributed by atoms with Crippen molar-refractivity contribution in [3.63, 3.8) is 0 Å². The number of hydrogen-bond acceptors (Lipinski definition) is 2. The first kappa shape index (κ1) is 13.9. The van der Waals surface area contributed by atoms with Gasteiger partial charge in [-0.2, -0.15) is 0 Å². The molecule has 0 aromatic heterocycles. The van der Waals surface area contributed by atoms with Gasteiger partial charge in [-0.3, -0.25) is 10.1 Å². The average Bonchev–Trinajstić information content (AvgIpc) is 3.12. The molecule has 3 nitrogen and oxygen atoms in total. The Bertz CT molecular complexity index is 475. The highest BCUT2D eigenvalue weighted by atomic mass is 19.1. The normalized spacial score (nSPS) is 17.9. The molecule has 0 saturated heterocycles. The van der Waals surface area contributed by atoms with Crippen molar-refractivity contribution >= 4 is 5.91 Å². The first-order valence-electron chi connectivity index (χ1n) is 6.48. The van der Waals surface area contributed by atoms with E-state index in [1.807, 2.05) is 0 Å². The minimum Gasteiger partial charge on any atom is -0.352 e. The van der Waals surface area contributed by atoms with Crippen LogP contribution in [0.1, 0.15) is 38.3 Å². The number of amides is 1. The summed E-state index contributed by atoms with van der Waals surface area (Å²) in [7, 11) is 0. The third-order valence-electron chi connectivity index (χ3n) is 3.25. The summed E-state index contributed by atoms with van der Waals surface area (Å²) >= 11 is 0. The Balaban J connectivity index is 1.95. The van der Waals surface area contributed by atoms with Crippen molar-refractivity contribution in [2.24, 2.45) is 0 Å². The van der Waals surface area contributed by atoms with E-state index in [4.69, 9.17) is 0 Å². The molecule has 1 amide bonds. The Labute approximate surface area is 111 Å². The Morgan fingerprint density at radius 1 is 1.32 bits per heavy atom. The number of carbonyl (C=O) groups excluding carboxylic acids is 1. The van der Waals surface area contributed by atoms with Crippen LogP contribution in [0.4, 0.5) is 8.78 Å². The third kappa shape index (κ3) is 3.73. The lowest BCUT2D eigenvalue weighted by atomic mass is 10.1. The van der Waals surface area contributed by atoms with Gasteiger partial charge in [-0.1, -0.05) is 6.07 Å². The minimum absolute atomic E-state index is 0.0862. The molecule has 0 radical (unpaired) electrons. The van der Waals surface area contributed by atoms with E-state index in [-0.39, 0.29) is 11.9 Å². The van der Waals surface area contributed by atoms with Crippen LogP contribution in [0, 0.1) is 11.6 Å². The number of hydrogen-bond donors (Lipinski definition) is 2. The maximum absolute atomic E-state index is 13.6. The highest BCUT2D eigenvalue weighted by Crippen LogP contribution is 2.20. The molecule has 19 heavy (non-hydrogen) atoms. The molecule has 104 valence electrons. The van der Waals surface area contributed by atoms with E-state index in [1.54, 1.807) is 13.8 Å². The van der Waals surface area contributed by atoms with Gasteiger partial charge in [0.1, 0.15) is 11.6 Å². The second kappa shape index (κ2) is 5.65. The van der Waals surface area contributed by atoms with Crippen LogP contribution in [-0.4, -0.2) is 18.0 Å². The predicted molar refractivity (Wildman–Crippen MR) is 68.5 cm³/mol. The molecule has 0 bridgehead atoms. The lowest BCUT2D eigenvalue weighted by Gasteiger charge is -2.20. The van der Waals surface area contributed by atoms with E-state index in [1.165, 1.54) is 12.1 Å². The van der Waals surface area contributed by atoms with Crippen LogP contribution in [0.2, 0.25) is 0 Å². The van der Waals surface area contributed by atoms with Crippen molar-refractivity contribution in [1.82, 2.24) is 10.6 Å². The topological polar surface area (TPSA) is 41.1 Å². The number of halogens is 2. The first-order chi connectivity index (χ1) is 8.97. The molecule has 1 aliphatic carbocycles. The van der Waals surface area contributed by atoms with Crippen molar-refractivity contribution in [3.8, 4) is 0 Å². The molecule has 1 aliphatic rings. The van der Waals surface area contributed by atoms with Crippen LogP contribution in [0.3, 0.4) is 0 Å².